The highest BCUT2D eigenvalue weighted by molar-refractivity contribution is 5.88. The highest BCUT2D eigenvalue weighted by atomic mass is 16.3. The molecule has 0 bridgehead atoms. The number of aryl methyl sites for hydroxylation is 2. The predicted octanol–water partition coefficient (Wildman–Crippen LogP) is 1.23. The molecule has 7 nitrogen and oxygen atoms in total. The summed E-state index contributed by atoms with van der Waals surface area (Å²) < 4.78 is 1.61. The third-order valence-electron chi connectivity index (χ3n) is 3.08. The minimum Gasteiger partial charge on any atom is -0.387 e. The summed E-state index contributed by atoms with van der Waals surface area (Å²) in [6.07, 6.45) is 3.23. The number of aromatic nitrogens is 3. The van der Waals surface area contributed by atoms with Crippen molar-refractivity contribution >= 4 is 11.8 Å². The van der Waals surface area contributed by atoms with Gasteiger partial charge in [0, 0.05) is 32.1 Å². The quantitative estimate of drug-likeness (QED) is 0.772. The summed E-state index contributed by atoms with van der Waals surface area (Å²) in [5, 5.41) is 19.5. The van der Waals surface area contributed by atoms with E-state index < -0.39 is 6.10 Å². The average molecular weight is 289 g/mol. The van der Waals surface area contributed by atoms with Gasteiger partial charge in [-0.3, -0.25) is 15.0 Å². The van der Waals surface area contributed by atoms with Crippen molar-refractivity contribution in [2.45, 2.75) is 19.4 Å². The van der Waals surface area contributed by atoms with Crippen LogP contribution in [0.2, 0.25) is 0 Å². The van der Waals surface area contributed by atoms with E-state index in [1.165, 1.54) is 0 Å². The molecule has 2 rings (SSSR count). The highest BCUT2D eigenvalue weighted by Crippen LogP contribution is 2.11. The molecule has 0 spiro atoms. The fraction of sp³-hybridized carbons (Fsp3) is 0.357. The van der Waals surface area contributed by atoms with Crippen molar-refractivity contribution in [2.24, 2.45) is 7.05 Å². The van der Waals surface area contributed by atoms with Crippen molar-refractivity contribution in [1.82, 2.24) is 20.1 Å². The Morgan fingerprint density at radius 1 is 1.43 bits per heavy atom. The van der Waals surface area contributed by atoms with Crippen molar-refractivity contribution in [3.05, 3.63) is 41.9 Å². The van der Waals surface area contributed by atoms with Crippen LogP contribution in [-0.4, -0.2) is 32.4 Å². The summed E-state index contributed by atoms with van der Waals surface area (Å²) >= 11 is 0. The van der Waals surface area contributed by atoms with Gasteiger partial charge >= 0.3 is 6.03 Å². The molecular formula is C14H19N5O2. The minimum atomic E-state index is -0.767. The predicted molar refractivity (Wildman–Crippen MR) is 78.8 cm³/mol. The van der Waals surface area contributed by atoms with Crippen LogP contribution < -0.4 is 10.6 Å². The molecule has 2 aromatic heterocycles. The van der Waals surface area contributed by atoms with E-state index in [2.05, 4.69) is 20.7 Å². The first-order valence-electron chi connectivity index (χ1n) is 6.76. The van der Waals surface area contributed by atoms with Gasteiger partial charge in [0.1, 0.15) is 5.82 Å². The summed E-state index contributed by atoms with van der Waals surface area (Å²) in [6, 6.07) is 4.85. The molecular weight excluding hydrogens is 270 g/mol. The number of aliphatic hydroxyl groups is 1. The largest absolute Gasteiger partial charge is 0.387 e. The van der Waals surface area contributed by atoms with Crippen LogP contribution in [0.15, 0.2) is 30.6 Å². The number of amides is 2. The van der Waals surface area contributed by atoms with Crippen LogP contribution in [0, 0.1) is 0 Å². The van der Waals surface area contributed by atoms with E-state index >= 15 is 0 Å². The van der Waals surface area contributed by atoms with Crippen LogP contribution >= 0.6 is 0 Å². The highest BCUT2D eigenvalue weighted by Gasteiger charge is 2.11. The first-order chi connectivity index (χ1) is 10.1. The van der Waals surface area contributed by atoms with Crippen LogP contribution in [-0.2, 0) is 13.5 Å². The van der Waals surface area contributed by atoms with Gasteiger partial charge in [-0.05, 0) is 24.1 Å². The summed E-state index contributed by atoms with van der Waals surface area (Å²) in [5.74, 6) is 0.614. The third-order valence-corrected chi connectivity index (χ3v) is 3.08. The third kappa shape index (κ3) is 4.03. The van der Waals surface area contributed by atoms with Gasteiger partial charge in [-0.2, -0.15) is 5.10 Å². The second-order valence-corrected chi connectivity index (χ2v) is 4.63. The lowest BCUT2D eigenvalue weighted by atomic mass is 10.1. The van der Waals surface area contributed by atoms with Gasteiger partial charge in [0.25, 0.3) is 0 Å². The molecule has 3 N–H and O–H groups in total. The molecule has 2 amide bonds. The molecule has 0 aliphatic heterocycles. The number of anilines is 1. The van der Waals surface area contributed by atoms with Crippen LogP contribution in [0.5, 0.6) is 0 Å². The number of nitrogens with one attached hydrogen (secondary N) is 2. The molecule has 1 unspecified atom stereocenters. The number of nitrogens with zero attached hydrogens (tertiary/aromatic N) is 3. The van der Waals surface area contributed by atoms with Crippen molar-refractivity contribution in [3.8, 4) is 0 Å². The Kier molecular flexibility index (Phi) is 4.89. The number of carbonyl (C=O) groups excluding carboxylic acids is 1. The van der Waals surface area contributed by atoms with Gasteiger partial charge in [-0.1, -0.05) is 6.92 Å². The molecule has 1 atom stereocenters. The lowest BCUT2D eigenvalue weighted by Crippen LogP contribution is -2.33. The number of rotatable bonds is 5. The zero-order valence-corrected chi connectivity index (χ0v) is 12.1. The minimum absolute atomic E-state index is 0.119. The SMILES string of the molecule is CCc1cc(NC(=O)NCC(O)c2ccncc2)n(C)n1. The van der Waals surface area contributed by atoms with Gasteiger partial charge in [0.15, 0.2) is 0 Å². The molecule has 2 heterocycles. The molecule has 0 saturated heterocycles. The molecule has 21 heavy (non-hydrogen) atoms. The van der Waals surface area contributed by atoms with E-state index in [1.807, 2.05) is 13.0 Å². The van der Waals surface area contributed by atoms with E-state index in [9.17, 15) is 9.90 Å². The second kappa shape index (κ2) is 6.85. The Morgan fingerprint density at radius 3 is 2.76 bits per heavy atom. The lowest BCUT2D eigenvalue weighted by molar-refractivity contribution is 0.175. The van der Waals surface area contributed by atoms with Gasteiger partial charge in [0.05, 0.1) is 11.8 Å². The molecule has 0 saturated carbocycles. The fourth-order valence-corrected chi connectivity index (χ4v) is 1.87. The number of pyridine rings is 1. The van der Waals surface area contributed by atoms with Gasteiger partial charge in [0.2, 0.25) is 0 Å². The van der Waals surface area contributed by atoms with Crippen molar-refractivity contribution in [2.75, 3.05) is 11.9 Å². The number of carbonyl (C=O) groups is 1. The Hall–Kier alpha value is -2.41. The number of hydrogen-bond donors (Lipinski definition) is 3. The Labute approximate surface area is 123 Å². The van der Waals surface area contributed by atoms with Crippen LogP contribution in [0.4, 0.5) is 10.6 Å². The number of aliphatic hydroxyl groups excluding tert-OH is 1. The molecule has 0 aliphatic rings. The van der Waals surface area contributed by atoms with E-state index in [-0.39, 0.29) is 12.6 Å². The molecule has 112 valence electrons. The first-order valence-corrected chi connectivity index (χ1v) is 6.76. The number of urea groups is 1. The Morgan fingerprint density at radius 2 is 2.14 bits per heavy atom. The molecule has 0 aromatic carbocycles. The zero-order chi connectivity index (χ0) is 15.2. The van der Waals surface area contributed by atoms with E-state index in [0.717, 1.165) is 12.1 Å². The molecule has 0 radical (unpaired) electrons. The molecule has 0 aliphatic carbocycles. The van der Waals surface area contributed by atoms with Crippen molar-refractivity contribution in [3.63, 3.8) is 0 Å². The molecule has 0 fully saturated rings. The number of hydrogen-bond acceptors (Lipinski definition) is 4. The maximum Gasteiger partial charge on any atom is 0.320 e. The average Bonchev–Trinajstić information content (AvgIpc) is 2.86. The summed E-state index contributed by atoms with van der Waals surface area (Å²) in [4.78, 5) is 15.7. The summed E-state index contributed by atoms with van der Waals surface area (Å²) in [6.45, 7) is 2.12. The normalized spacial score (nSPS) is 12.0. The second-order valence-electron chi connectivity index (χ2n) is 4.63. The van der Waals surface area contributed by atoms with Gasteiger partial charge in [-0.25, -0.2) is 4.79 Å². The standard InChI is InChI=1S/C14H19N5O2/c1-3-11-8-13(19(2)18-11)17-14(21)16-9-12(20)10-4-6-15-7-5-10/h4-8,12,20H,3,9H2,1-2H3,(H2,16,17,21). The van der Waals surface area contributed by atoms with E-state index in [1.54, 1.807) is 36.3 Å². The molecule has 2 aromatic rings. The monoisotopic (exact) mass is 289 g/mol. The van der Waals surface area contributed by atoms with Crippen molar-refractivity contribution in [1.29, 1.82) is 0 Å². The lowest BCUT2D eigenvalue weighted by Gasteiger charge is -2.12. The van der Waals surface area contributed by atoms with Gasteiger partial charge < -0.3 is 10.4 Å². The smallest absolute Gasteiger partial charge is 0.320 e. The van der Waals surface area contributed by atoms with Crippen LogP contribution in [0.3, 0.4) is 0 Å². The summed E-state index contributed by atoms with van der Waals surface area (Å²) in [7, 11) is 1.76. The van der Waals surface area contributed by atoms with Gasteiger partial charge in [-0.15, -0.1) is 0 Å². The Balaban J connectivity index is 1.86. The van der Waals surface area contributed by atoms with E-state index in [4.69, 9.17) is 0 Å². The van der Waals surface area contributed by atoms with Crippen LogP contribution in [0.25, 0.3) is 0 Å². The van der Waals surface area contributed by atoms with E-state index in [0.29, 0.717) is 11.4 Å². The topological polar surface area (TPSA) is 92.1 Å². The van der Waals surface area contributed by atoms with Crippen LogP contribution in [0.1, 0.15) is 24.3 Å². The zero-order valence-electron chi connectivity index (χ0n) is 12.1. The first kappa shape index (κ1) is 15.0. The summed E-state index contributed by atoms with van der Waals surface area (Å²) in [5.41, 5.74) is 1.61. The molecule has 7 heteroatoms. The fourth-order valence-electron chi connectivity index (χ4n) is 1.87. The van der Waals surface area contributed by atoms with Crippen molar-refractivity contribution < 1.29 is 9.90 Å². The Bertz CT molecular complexity index is 597. The maximum atomic E-state index is 11.8. The maximum absolute atomic E-state index is 11.8.